The molecular formula is C21H24ClN5O2. The maximum atomic E-state index is 12.9. The van der Waals surface area contributed by atoms with Gasteiger partial charge >= 0.3 is 0 Å². The number of halogens is 1. The Kier molecular flexibility index (Phi) is 5.94. The molecule has 3 heterocycles. The van der Waals surface area contributed by atoms with Crippen molar-refractivity contribution in [3.05, 3.63) is 53.3 Å². The molecule has 0 N–H and O–H groups in total. The minimum Gasteiger partial charge on any atom is -0.341 e. The van der Waals surface area contributed by atoms with Crippen LogP contribution in [0.2, 0.25) is 5.02 Å². The molecule has 152 valence electrons. The van der Waals surface area contributed by atoms with E-state index in [0.717, 1.165) is 31.9 Å². The summed E-state index contributed by atoms with van der Waals surface area (Å²) in [7, 11) is 0. The fourth-order valence-corrected chi connectivity index (χ4v) is 4.16. The van der Waals surface area contributed by atoms with Gasteiger partial charge in [-0.25, -0.2) is 9.97 Å². The van der Waals surface area contributed by atoms with E-state index >= 15 is 0 Å². The van der Waals surface area contributed by atoms with Crippen LogP contribution in [0.3, 0.4) is 0 Å². The van der Waals surface area contributed by atoms with Crippen molar-refractivity contribution in [3.63, 3.8) is 0 Å². The molecule has 7 nitrogen and oxygen atoms in total. The van der Waals surface area contributed by atoms with E-state index in [1.165, 1.54) is 0 Å². The third kappa shape index (κ3) is 4.50. The van der Waals surface area contributed by atoms with Crippen molar-refractivity contribution in [2.75, 3.05) is 44.2 Å². The minimum atomic E-state index is -0.0317. The van der Waals surface area contributed by atoms with Gasteiger partial charge in [-0.3, -0.25) is 9.59 Å². The van der Waals surface area contributed by atoms with Crippen molar-refractivity contribution in [3.8, 4) is 0 Å². The zero-order valence-electron chi connectivity index (χ0n) is 16.2. The highest BCUT2D eigenvalue weighted by Crippen LogP contribution is 2.23. The molecule has 0 atom stereocenters. The molecule has 2 aliphatic heterocycles. The molecule has 8 heteroatoms. The number of amides is 2. The van der Waals surface area contributed by atoms with Crippen LogP contribution in [0.1, 0.15) is 23.2 Å². The van der Waals surface area contributed by atoms with Crippen molar-refractivity contribution in [1.29, 1.82) is 0 Å². The van der Waals surface area contributed by atoms with Crippen LogP contribution in [0, 0.1) is 5.92 Å². The molecule has 0 aliphatic carbocycles. The molecule has 2 saturated heterocycles. The lowest BCUT2D eigenvalue weighted by atomic mass is 9.95. The quantitative estimate of drug-likeness (QED) is 0.772. The molecule has 29 heavy (non-hydrogen) atoms. The first-order valence-electron chi connectivity index (χ1n) is 9.97. The number of benzene rings is 1. The minimum absolute atomic E-state index is 0.0317. The van der Waals surface area contributed by atoms with Gasteiger partial charge in [-0.05, 0) is 37.1 Å². The molecular weight excluding hydrogens is 390 g/mol. The van der Waals surface area contributed by atoms with E-state index in [9.17, 15) is 9.59 Å². The highest BCUT2D eigenvalue weighted by atomic mass is 35.5. The van der Waals surface area contributed by atoms with Gasteiger partial charge < -0.3 is 14.7 Å². The summed E-state index contributed by atoms with van der Waals surface area (Å²) in [6.45, 7) is 3.82. The topological polar surface area (TPSA) is 69.6 Å². The van der Waals surface area contributed by atoms with Crippen LogP contribution >= 0.6 is 11.6 Å². The van der Waals surface area contributed by atoms with Crippen LogP contribution in [0.15, 0.2) is 42.7 Å². The van der Waals surface area contributed by atoms with Gasteiger partial charge in [-0.1, -0.05) is 17.7 Å². The molecule has 0 radical (unpaired) electrons. The van der Waals surface area contributed by atoms with Crippen LogP contribution in [0.25, 0.3) is 0 Å². The smallest absolute Gasteiger partial charge is 0.254 e. The Morgan fingerprint density at radius 3 is 2.21 bits per heavy atom. The summed E-state index contributed by atoms with van der Waals surface area (Å²) in [6.07, 6.45) is 5.09. The molecule has 0 unspecified atom stereocenters. The van der Waals surface area contributed by atoms with Crippen molar-refractivity contribution in [1.82, 2.24) is 19.8 Å². The molecule has 2 fully saturated rings. The molecule has 0 bridgehead atoms. The first-order valence-corrected chi connectivity index (χ1v) is 10.4. The highest BCUT2D eigenvalue weighted by Gasteiger charge is 2.32. The zero-order chi connectivity index (χ0) is 20.2. The standard InChI is InChI=1S/C21H24ClN5O2/c22-18-4-1-3-17(15-18)20(29)26-13-11-25(12-14-26)19(28)16-5-9-27(10-6-16)21-23-7-2-8-24-21/h1-4,7-8,15-16H,5-6,9-14H2. The lowest BCUT2D eigenvalue weighted by Gasteiger charge is -2.38. The molecule has 1 aromatic heterocycles. The number of carbonyl (C=O) groups is 2. The number of hydrogen-bond donors (Lipinski definition) is 0. The van der Waals surface area contributed by atoms with E-state index in [4.69, 9.17) is 11.6 Å². The van der Waals surface area contributed by atoms with E-state index in [1.54, 1.807) is 47.6 Å². The summed E-state index contributed by atoms with van der Waals surface area (Å²) in [5, 5.41) is 0.553. The molecule has 0 saturated carbocycles. The van der Waals surface area contributed by atoms with Gasteiger partial charge in [0.2, 0.25) is 11.9 Å². The van der Waals surface area contributed by atoms with Gasteiger partial charge in [0.15, 0.2) is 0 Å². The lowest BCUT2D eigenvalue weighted by Crippen LogP contribution is -2.53. The number of carbonyl (C=O) groups excluding carboxylic acids is 2. The van der Waals surface area contributed by atoms with Crippen molar-refractivity contribution in [2.45, 2.75) is 12.8 Å². The van der Waals surface area contributed by atoms with Gasteiger partial charge in [-0.15, -0.1) is 0 Å². The van der Waals surface area contributed by atoms with Crippen molar-refractivity contribution >= 4 is 29.4 Å². The Balaban J connectivity index is 1.28. The predicted octanol–water partition coefficient (Wildman–Crippen LogP) is 2.33. The predicted molar refractivity (Wildman–Crippen MR) is 111 cm³/mol. The zero-order valence-corrected chi connectivity index (χ0v) is 17.0. The molecule has 4 rings (SSSR count). The first kappa shape index (κ1) is 19.6. The van der Waals surface area contributed by atoms with E-state index < -0.39 is 0 Å². The number of piperazine rings is 1. The number of nitrogens with zero attached hydrogens (tertiary/aromatic N) is 5. The molecule has 1 aromatic carbocycles. The van der Waals surface area contributed by atoms with Gasteiger partial charge in [0.25, 0.3) is 5.91 Å². The van der Waals surface area contributed by atoms with Crippen LogP contribution in [-0.4, -0.2) is 70.9 Å². The SMILES string of the molecule is O=C(c1cccc(Cl)c1)N1CCN(C(=O)C2CCN(c3ncccn3)CC2)CC1. The number of piperidine rings is 1. The van der Waals surface area contributed by atoms with Crippen LogP contribution < -0.4 is 4.90 Å². The first-order chi connectivity index (χ1) is 14.1. The maximum absolute atomic E-state index is 12.9. The number of hydrogen-bond acceptors (Lipinski definition) is 5. The molecule has 0 spiro atoms. The summed E-state index contributed by atoms with van der Waals surface area (Å²) in [5.74, 6) is 0.931. The summed E-state index contributed by atoms with van der Waals surface area (Å²) < 4.78 is 0. The second-order valence-corrected chi connectivity index (χ2v) is 7.87. The van der Waals surface area contributed by atoms with Gasteiger partial charge in [0, 0.05) is 68.2 Å². The Hall–Kier alpha value is -2.67. The Morgan fingerprint density at radius 1 is 0.897 bits per heavy atom. The fourth-order valence-electron chi connectivity index (χ4n) is 3.97. The average Bonchev–Trinajstić information content (AvgIpc) is 2.79. The van der Waals surface area contributed by atoms with E-state index in [0.29, 0.717) is 36.8 Å². The number of rotatable bonds is 3. The van der Waals surface area contributed by atoms with Gasteiger partial charge in [-0.2, -0.15) is 0 Å². The summed E-state index contributed by atoms with van der Waals surface area (Å²) >= 11 is 5.99. The summed E-state index contributed by atoms with van der Waals surface area (Å²) in [4.78, 5) is 40.0. The average molecular weight is 414 g/mol. The normalized spacial score (nSPS) is 18.0. The summed E-state index contributed by atoms with van der Waals surface area (Å²) in [6, 6.07) is 8.80. The van der Waals surface area contributed by atoms with Crippen LogP contribution in [-0.2, 0) is 4.79 Å². The Bertz CT molecular complexity index is 862. The van der Waals surface area contributed by atoms with E-state index in [2.05, 4.69) is 14.9 Å². The number of aromatic nitrogens is 2. The van der Waals surface area contributed by atoms with Crippen molar-refractivity contribution in [2.24, 2.45) is 5.92 Å². The second-order valence-electron chi connectivity index (χ2n) is 7.44. The Morgan fingerprint density at radius 2 is 1.55 bits per heavy atom. The van der Waals surface area contributed by atoms with Crippen LogP contribution in [0.4, 0.5) is 5.95 Å². The second kappa shape index (κ2) is 8.78. The van der Waals surface area contributed by atoms with Gasteiger partial charge in [0.1, 0.15) is 0 Å². The third-order valence-corrected chi connectivity index (χ3v) is 5.86. The lowest BCUT2D eigenvalue weighted by molar-refractivity contribution is -0.137. The molecule has 2 amide bonds. The highest BCUT2D eigenvalue weighted by molar-refractivity contribution is 6.30. The number of anilines is 1. The molecule has 2 aromatic rings. The Labute approximate surface area is 175 Å². The van der Waals surface area contributed by atoms with Gasteiger partial charge in [0.05, 0.1) is 0 Å². The molecule has 2 aliphatic rings. The maximum Gasteiger partial charge on any atom is 0.254 e. The largest absolute Gasteiger partial charge is 0.341 e. The van der Waals surface area contributed by atoms with Crippen molar-refractivity contribution < 1.29 is 9.59 Å². The third-order valence-electron chi connectivity index (χ3n) is 5.63. The summed E-state index contributed by atoms with van der Waals surface area (Å²) in [5.41, 5.74) is 0.591. The van der Waals surface area contributed by atoms with E-state index in [-0.39, 0.29) is 17.7 Å². The fraction of sp³-hybridized carbons (Fsp3) is 0.429. The van der Waals surface area contributed by atoms with Crippen LogP contribution in [0.5, 0.6) is 0 Å². The van der Waals surface area contributed by atoms with E-state index in [1.807, 2.05) is 4.90 Å². The monoisotopic (exact) mass is 413 g/mol.